The summed E-state index contributed by atoms with van der Waals surface area (Å²) in [6.07, 6.45) is 15.3. The average molecular weight is 328 g/mol. The molecular formula is C22H33NO. The van der Waals surface area contributed by atoms with Crippen LogP contribution in [-0.2, 0) is 4.79 Å². The highest BCUT2D eigenvalue weighted by Crippen LogP contribution is 2.57. The van der Waals surface area contributed by atoms with Crippen molar-refractivity contribution in [2.75, 3.05) is 0 Å². The van der Waals surface area contributed by atoms with E-state index < -0.39 is 0 Å². The highest BCUT2D eigenvalue weighted by Gasteiger charge is 2.50. The highest BCUT2D eigenvalue weighted by atomic mass is 16.1. The minimum atomic E-state index is 0.421. The van der Waals surface area contributed by atoms with Crippen LogP contribution in [0.4, 0.5) is 0 Å². The number of carbonyl (C=O) groups is 1. The molecule has 8 rings (SSSR count). The predicted molar refractivity (Wildman–Crippen MR) is 94.1 cm³/mol. The van der Waals surface area contributed by atoms with Gasteiger partial charge in [0.2, 0.25) is 5.91 Å². The fourth-order valence-corrected chi connectivity index (χ4v) is 8.99. The van der Waals surface area contributed by atoms with E-state index in [4.69, 9.17) is 0 Å². The van der Waals surface area contributed by atoms with Crippen LogP contribution in [-0.4, -0.2) is 11.9 Å². The van der Waals surface area contributed by atoms with Crippen molar-refractivity contribution in [1.29, 1.82) is 0 Å². The second-order valence-corrected chi connectivity index (χ2v) is 10.8. The lowest BCUT2D eigenvalue weighted by atomic mass is 9.51. The SMILES string of the molecule is O=C(CC1C2CC3CC(C2)CC1C3)NC1C2CC3CC(C2)CC1C3. The maximum absolute atomic E-state index is 12.9. The van der Waals surface area contributed by atoms with E-state index in [-0.39, 0.29) is 0 Å². The molecule has 2 nitrogen and oxygen atoms in total. The van der Waals surface area contributed by atoms with Gasteiger partial charge in [-0.2, -0.15) is 0 Å². The van der Waals surface area contributed by atoms with Gasteiger partial charge in [-0.1, -0.05) is 0 Å². The zero-order chi connectivity index (χ0) is 15.8. The second kappa shape index (κ2) is 5.24. The van der Waals surface area contributed by atoms with Gasteiger partial charge in [0.1, 0.15) is 0 Å². The van der Waals surface area contributed by atoms with Crippen molar-refractivity contribution in [2.24, 2.45) is 53.3 Å². The maximum Gasteiger partial charge on any atom is 0.220 e. The van der Waals surface area contributed by atoms with E-state index in [2.05, 4.69) is 5.32 Å². The Morgan fingerprint density at radius 2 is 1.04 bits per heavy atom. The molecule has 0 heterocycles. The molecule has 8 aliphatic carbocycles. The van der Waals surface area contributed by atoms with E-state index in [9.17, 15) is 4.79 Å². The molecule has 1 N–H and O–H groups in total. The third-order valence-electron chi connectivity index (χ3n) is 9.40. The molecule has 0 aromatic carbocycles. The largest absolute Gasteiger partial charge is 0.353 e. The molecule has 24 heavy (non-hydrogen) atoms. The van der Waals surface area contributed by atoms with Crippen LogP contribution < -0.4 is 5.32 Å². The van der Waals surface area contributed by atoms with Gasteiger partial charge >= 0.3 is 0 Å². The predicted octanol–water partition coefficient (Wildman–Crippen LogP) is 4.39. The molecule has 8 fully saturated rings. The van der Waals surface area contributed by atoms with E-state index in [1.54, 1.807) is 0 Å². The van der Waals surface area contributed by atoms with Gasteiger partial charge in [0.15, 0.2) is 0 Å². The van der Waals surface area contributed by atoms with Crippen molar-refractivity contribution >= 4 is 5.91 Å². The van der Waals surface area contributed by atoms with Crippen molar-refractivity contribution in [3.8, 4) is 0 Å². The Morgan fingerprint density at radius 1 is 0.625 bits per heavy atom. The van der Waals surface area contributed by atoms with Crippen LogP contribution >= 0.6 is 0 Å². The molecule has 0 unspecified atom stereocenters. The molecule has 0 radical (unpaired) electrons. The highest BCUT2D eigenvalue weighted by molar-refractivity contribution is 5.76. The first kappa shape index (κ1) is 14.6. The first-order valence-corrected chi connectivity index (χ1v) is 11.0. The smallest absolute Gasteiger partial charge is 0.220 e. The van der Waals surface area contributed by atoms with Crippen LogP contribution in [0.5, 0.6) is 0 Å². The first-order chi connectivity index (χ1) is 11.7. The van der Waals surface area contributed by atoms with Crippen molar-refractivity contribution in [1.82, 2.24) is 5.32 Å². The van der Waals surface area contributed by atoms with Crippen molar-refractivity contribution in [2.45, 2.75) is 76.7 Å². The molecule has 0 atom stereocenters. The molecule has 1 amide bonds. The molecule has 8 aliphatic rings. The number of carbonyl (C=O) groups excluding carboxylic acids is 1. The lowest BCUT2D eigenvalue weighted by Crippen LogP contribution is -2.56. The van der Waals surface area contributed by atoms with Gasteiger partial charge in [0, 0.05) is 12.5 Å². The number of nitrogens with one attached hydrogen (secondary N) is 1. The van der Waals surface area contributed by atoms with E-state index in [0.29, 0.717) is 11.9 Å². The molecule has 8 bridgehead atoms. The van der Waals surface area contributed by atoms with Gasteiger partial charge < -0.3 is 5.32 Å². The molecule has 0 aromatic heterocycles. The molecule has 8 saturated carbocycles. The summed E-state index contributed by atoms with van der Waals surface area (Å²) in [5.41, 5.74) is 0. The number of hydrogen-bond donors (Lipinski definition) is 1. The molecule has 2 heteroatoms. The van der Waals surface area contributed by atoms with Gasteiger partial charge in [-0.05, 0) is 117 Å². The summed E-state index contributed by atoms with van der Waals surface area (Å²) in [4.78, 5) is 12.9. The summed E-state index contributed by atoms with van der Waals surface area (Å²) in [5.74, 6) is 8.64. The van der Waals surface area contributed by atoms with Crippen molar-refractivity contribution in [3.05, 3.63) is 0 Å². The van der Waals surface area contributed by atoms with Gasteiger partial charge in [0.05, 0.1) is 0 Å². The molecule has 132 valence electrons. The number of hydrogen-bond acceptors (Lipinski definition) is 1. The summed E-state index contributed by atoms with van der Waals surface area (Å²) < 4.78 is 0. The van der Waals surface area contributed by atoms with Crippen molar-refractivity contribution < 1.29 is 4.79 Å². The summed E-state index contributed by atoms with van der Waals surface area (Å²) in [5, 5.41) is 3.58. The van der Waals surface area contributed by atoms with Crippen LogP contribution in [0.1, 0.15) is 70.6 Å². The lowest BCUT2D eigenvalue weighted by Gasteiger charge is -2.55. The molecular weight excluding hydrogens is 294 g/mol. The Balaban J connectivity index is 1.12. The Labute approximate surface area is 146 Å². The standard InChI is InChI=1S/C22H33NO/c24-21(11-20-16-3-12-1-13(5-16)6-17(20)4-12)23-22-18-7-14-2-15(9-18)10-19(22)8-14/h12-20,22H,1-11H2,(H,23,24). The van der Waals surface area contributed by atoms with Crippen LogP contribution in [0.25, 0.3) is 0 Å². The summed E-state index contributed by atoms with van der Waals surface area (Å²) in [6.45, 7) is 0. The Hall–Kier alpha value is -0.530. The quantitative estimate of drug-likeness (QED) is 0.818. The van der Waals surface area contributed by atoms with Gasteiger partial charge in [-0.15, -0.1) is 0 Å². The van der Waals surface area contributed by atoms with E-state index >= 15 is 0 Å². The fourth-order valence-electron chi connectivity index (χ4n) is 8.99. The number of rotatable bonds is 3. The van der Waals surface area contributed by atoms with E-state index in [1.165, 1.54) is 64.2 Å². The zero-order valence-corrected chi connectivity index (χ0v) is 15.0. The Bertz CT molecular complexity index is 438. The second-order valence-electron chi connectivity index (χ2n) is 10.8. The van der Waals surface area contributed by atoms with Crippen LogP contribution in [0.3, 0.4) is 0 Å². The fraction of sp³-hybridized carbons (Fsp3) is 0.955. The number of amides is 1. The summed E-state index contributed by atoms with van der Waals surface area (Å²) >= 11 is 0. The van der Waals surface area contributed by atoms with Gasteiger partial charge in [-0.3, -0.25) is 4.79 Å². The molecule has 0 saturated heterocycles. The lowest BCUT2D eigenvalue weighted by molar-refractivity contribution is -0.130. The monoisotopic (exact) mass is 327 g/mol. The molecule has 0 aliphatic heterocycles. The third-order valence-corrected chi connectivity index (χ3v) is 9.40. The summed E-state index contributed by atoms with van der Waals surface area (Å²) in [7, 11) is 0. The Morgan fingerprint density at radius 3 is 1.50 bits per heavy atom. The minimum Gasteiger partial charge on any atom is -0.353 e. The zero-order valence-electron chi connectivity index (χ0n) is 15.0. The van der Waals surface area contributed by atoms with Gasteiger partial charge in [-0.25, -0.2) is 0 Å². The van der Waals surface area contributed by atoms with Gasteiger partial charge in [0.25, 0.3) is 0 Å². The molecule has 0 aromatic rings. The summed E-state index contributed by atoms with van der Waals surface area (Å²) in [6, 6.07) is 0.544. The third kappa shape index (κ3) is 2.23. The topological polar surface area (TPSA) is 29.1 Å². The van der Waals surface area contributed by atoms with E-state index in [1.807, 2.05) is 0 Å². The van der Waals surface area contributed by atoms with Crippen LogP contribution in [0, 0.1) is 53.3 Å². The van der Waals surface area contributed by atoms with E-state index in [0.717, 1.165) is 59.7 Å². The minimum absolute atomic E-state index is 0.421. The Kier molecular flexibility index (Phi) is 3.19. The molecule has 0 spiro atoms. The van der Waals surface area contributed by atoms with Crippen LogP contribution in [0.15, 0.2) is 0 Å². The average Bonchev–Trinajstić information content (AvgIpc) is 2.53. The van der Waals surface area contributed by atoms with Crippen LogP contribution in [0.2, 0.25) is 0 Å². The normalized spacial score (nSPS) is 56.7. The maximum atomic E-state index is 12.9. The first-order valence-electron chi connectivity index (χ1n) is 11.0. The van der Waals surface area contributed by atoms with Crippen molar-refractivity contribution in [3.63, 3.8) is 0 Å².